The van der Waals surface area contributed by atoms with Crippen molar-refractivity contribution in [2.75, 3.05) is 4.90 Å². The predicted molar refractivity (Wildman–Crippen MR) is 120 cm³/mol. The fraction of sp³-hybridized carbons (Fsp3) is 0.409. The van der Waals surface area contributed by atoms with Crippen LogP contribution in [0.5, 0.6) is 0 Å². The van der Waals surface area contributed by atoms with E-state index in [4.69, 9.17) is 0 Å². The first-order valence-electron chi connectivity index (χ1n) is 9.70. The summed E-state index contributed by atoms with van der Waals surface area (Å²) in [5, 5.41) is 0. The minimum Gasteiger partial charge on any atom is -0.309 e. The van der Waals surface area contributed by atoms with Gasteiger partial charge in [0.1, 0.15) is 0 Å². The number of benzene rings is 2. The van der Waals surface area contributed by atoms with Crippen molar-refractivity contribution < 1.29 is 13.2 Å². The number of carbonyl (C=O) groups excluding carboxylic acids is 1. The molecule has 2 aromatic carbocycles. The van der Waals surface area contributed by atoms with Crippen molar-refractivity contribution in [2.45, 2.75) is 63.4 Å². The summed E-state index contributed by atoms with van der Waals surface area (Å²) >= 11 is 3.49. The van der Waals surface area contributed by atoms with Gasteiger partial charge in [0, 0.05) is 28.2 Å². The van der Waals surface area contributed by atoms with E-state index in [9.17, 15) is 13.2 Å². The molecule has 1 amide bonds. The fourth-order valence-electron chi connectivity index (χ4n) is 3.65. The lowest BCUT2D eigenvalue weighted by Crippen LogP contribution is -2.40. The summed E-state index contributed by atoms with van der Waals surface area (Å²) in [4.78, 5) is 15.0. The molecule has 1 aliphatic rings. The molecule has 0 aliphatic carbocycles. The Morgan fingerprint density at radius 2 is 1.83 bits per heavy atom. The number of fused-ring (bicyclic) bond motifs is 1. The van der Waals surface area contributed by atoms with Gasteiger partial charge in [-0.3, -0.25) is 4.79 Å². The summed E-state index contributed by atoms with van der Waals surface area (Å²) in [6.07, 6.45) is 1.81. The van der Waals surface area contributed by atoms with Crippen LogP contribution >= 0.6 is 15.9 Å². The highest BCUT2D eigenvalue weighted by atomic mass is 79.9. The van der Waals surface area contributed by atoms with E-state index < -0.39 is 15.6 Å². The number of amides is 1. The van der Waals surface area contributed by atoms with Gasteiger partial charge in [-0.1, -0.05) is 28.1 Å². The largest absolute Gasteiger partial charge is 0.309 e. The maximum Gasteiger partial charge on any atom is 0.241 e. The molecule has 0 spiro atoms. The standard InChI is InChI=1S/C22H27BrN2O3S/c1-15-13-17-14-18(23)8-11-20(17)25(15)21(26)12-7-16-5-9-19(10-6-16)29(27,28)24-22(2,3)4/h5-6,8-11,14-15,24H,7,12-13H2,1-4H3/t15-/m1/s1. The van der Waals surface area contributed by atoms with Crippen LogP contribution in [0.15, 0.2) is 51.8 Å². The number of hydrogen-bond acceptors (Lipinski definition) is 3. The molecule has 0 aromatic heterocycles. The molecule has 1 atom stereocenters. The molecular formula is C22H27BrN2O3S. The normalized spacial score (nSPS) is 16.7. The summed E-state index contributed by atoms with van der Waals surface area (Å²) < 4.78 is 28.5. The summed E-state index contributed by atoms with van der Waals surface area (Å²) in [5.41, 5.74) is 2.57. The van der Waals surface area contributed by atoms with Crippen LogP contribution in [-0.2, 0) is 27.7 Å². The number of anilines is 1. The zero-order valence-electron chi connectivity index (χ0n) is 17.2. The van der Waals surface area contributed by atoms with Crippen LogP contribution in [0.1, 0.15) is 45.2 Å². The van der Waals surface area contributed by atoms with E-state index >= 15 is 0 Å². The molecule has 1 aliphatic heterocycles. The first-order valence-corrected chi connectivity index (χ1v) is 12.0. The van der Waals surface area contributed by atoms with Gasteiger partial charge >= 0.3 is 0 Å². The molecule has 1 N–H and O–H groups in total. The molecule has 0 bridgehead atoms. The molecule has 0 saturated carbocycles. The first kappa shape index (κ1) is 22.0. The number of nitrogens with zero attached hydrogens (tertiary/aromatic N) is 1. The van der Waals surface area contributed by atoms with E-state index in [1.54, 1.807) is 45.0 Å². The third-order valence-electron chi connectivity index (χ3n) is 4.83. The zero-order valence-corrected chi connectivity index (χ0v) is 19.6. The van der Waals surface area contributed by atoms with Gasteiger partial charge < -0.3 is 4.90 Å². The number of hydrogen-bond donors (Lipinski definition) is 1. The predicted octanol–water partition coefficient (Wildman–Crippen LogP) is 4.44. The number of sulfonamides is 1. The van der Waals surface area contributed by atoms with Gasteiger partial charge in [0.2, 0.25) is 15.9 Å². The number of rotatable bonds is 5. The summed E-state index contributed by atoms with van der Waals surface area (Å²) in [5.74, 6) is 0.0877. The van der Waals surface area contributed by atoms with Crippen molar-refractivity contribution in [2.24, 2.45) is 0 Å². The Balaban J connectivity index is 1.66. The van der Waals surface area contributed by atoms with Crippen molar-refractivity contribution in [3.63, 3.8) is 0 Å². The van der Waals surface area contributed by atoms with Crippen LogP contribution < -0.4 is 9.62 Å². The molecule has 0 radical (unpaired) electrons. The molecule has 0 saturated heterocycles. The Hall–Kier alpha value is -1.70. The molecule has 0 unspecified atom stereocenters. The Bertz CT molecular complexity index is 1010. The van der Waals surface area contributed by atoms with Crippen LogP contribution in [0.2, 0.25) is 0 Å². The first-order chi connectivity index (χ1) is 13.5. The minimum absolute atomic E-state index is 0.0877. The van der Waals surface area contributed by atoms with Crippen LogP contribution in [0.4, 0.5) is 5.69 Å². The van der Waals surface area contributed by atoms with Crippen LogP contribution in [0.3, 0.4) is 0 Å². The van der Waals surface area contributed by atoms with Crippen LogP contribution in [-0.4, -0.2) is 25.9 Å². The number of carbonyl (C=O) groups is 1. The maximum atomic E-state index is 12.9. The highest BCUT2D eigenvalue weighted by Crippen LogP contribution is 2.34. The molecule has 29 heavy (non-hydrogen) atoms. The summed E-state index contributed by atoms with van der Waals surface area (Å²) in [6.45, 7) is 7.48. The SMILES string of the molecule is C[C@@H]1Cc2cc(Br)ccc2N1C(=O)CCc1ccc(S(=O)(=O)NC(C)(C)C)cc1. The lowest BCUT2D eigenvalue weighted by Gasteiger charge is -2.23. The molecule has 156 valence electrons. The van der Waals surface area contributed by atoms with E-state index in [1.807, 2.05) is 17.0 Å². The van der Waals surface area contributed by atoms with Crippen molar-refractivity contribution in [3.05, 3.63) is 58.1 Å². The van der Waals surface area contributed by atoms with Gasteiger partial charge in [0.15, 0.2) is 0 Å². The third-order valence-corrected chi connectivity index (χ3v) is 7.09. The van der Waals surface area contributed by atoms with E-state index in [1.165, 1.54) is 5.56 Å². The quantitative estimate of drug-likeness (QED) is 0.690. The Kier molecular flexibility index (Phi) is 6.22. The summed E-state index contributed by atoms with van der Waals surface area (Å²) in [7, 11) is -3.55. The maximum absolute atomic E-state index is 12.9. The third kappa shape index (κ3) is 5.27. The molecule has 7 heteroatoms. The highest BCUT2D eigenvalue weighted by molar-refractivity contribution is 9.10. The Morgan fingerprint density at radius 1 is 1.17 bits per heavy atom. The van der Waals surface area contributed by atoms with Crippen molar-refractivity contribution in [1.29, 1.82) is 0 Å². The van der Waals surface area contributed by atoms with Gasteiger partial charge in [0.25, 0.3) is 0 Å². The number of nitrogens with one attached hydrogen (secondary N) is 1. The topological polar surface area (TPSA) is 66.5 Å². The monoisotopic (exact) mass is 478 g/mol. The van der Waals surface area contributed by atoms with E-state index in [0.29, 0.717) is 12.8 Å². The summed E-state index contributed by atoms with van der Waals surface area (Å²) in [6, 6.07) is 12.9. The Morgan fingerprint density at radius 3 is 2.45 bits per heavy atom. The Labute approximate surface area is 181 Å². The van der Waals surface area contributed by atoms with Crippen molar-refractivity contribution in [1.82, 2.24) is 4.72 Å². The minimum atomic E-state index is -3.55. The smallest absolute Gasteiger partial charge is 0.241 e. The zero-order chi connectivity index (χ0) is 21.4. The second-order valence-corrected chi connectivity index (χ2v) is 11.2. The van der Waals surface area contributed by atoms with Gasteiger partial charge in [0.05, 0.1) is 4.90 Å². The molecule has 1 heterocycles. The second kappa shape index (κ2) is 8.20. The molecule has 0 fully saturated rings. The van der Waals surface area contributed by atoms with Gasteiger partial charge in [-0.05, 0) is 82.0 Å². The van der Waals surface area contributed by atoms with Gasteiger partial charge in [-0.25, -0.2) is 13.1 Å². The van der Waals surface area contributed by atoms with Crippen LogP contribution in [0, 0.1) is 0 Å². The number of halogens is 1. The molecule has 3 rings (SSSR count). The molecular weight excluding hydrogens is 452 g/mol. The average molecular weight is 479 g/mol. The van der Waals surface area contributed by atoms with Gasteiger partial charge in [-0.2, -0.15) is 0 Å². The second-order valence-electron chi connectivity index (χ2n) is 8.59. The lowest BCUT2D eigenvalue weighted by atomic mass is 10.1. The van der Waals surface area contributed by atoms with Crippen molar-refractivity contribution in [3.8, 4) is 0 Å². The van der Waals surface area contributed by atoms with E-state index in [-0.39, 0.29) is 16.8 Å². The van der Waals surface area contributed by atoms with Gasteiger partial charge in [-0.15, -0.1) is 0 Å². The average Bonchev–Trinajstić information content (AvgIpc) is 2.93. The fourth-order valence-corrected chi connectivity index (χ4v) is 5.48. The van der Waals surface area contributed by atoms with Crippen LogP contribution in [0.25, 0.3) is 0 Å². The van der Waals surface area contributed by atoms with E-state index in [2.05, 4.69) is 33.6 Å². The molecule has 2 aromatic rings. The van der Waals surface area contributed by atoms with Crippen molar-refractivity contribution >= 4 is 37.5 Å². The molecule has 5 nitrogen and oxygen atoms in total. The lowest BCUT2D eigenvalue weighted by molar-refractivity contribution is -0.118. The number of aryl methyl sites for hydroxylation is 1. The van der Waals surface area contributed by atoms with E-state index in [0.717, 1.165) is 22.1 Å². The highest BCUT2D eigenvalue weighted by Gasteiger charge is 2.30.